The Bertz CT molecular complexity index is 546. The van der Waals surface area contributed by atoms with E-state index in [9.17, 15) is 4.79 Å². The highest BCUT2D eigenvalue weighted by Crippen LogP contribution is 2.10. The molecule has 0 spiro atoms. The molecule has 1 amide bonds. The highest BCUT2D eigenvalue weighted by molar-refractivity contribution is 5.93. The molecule has 1 saturated heterocycles. The van der Waals surface area contributed by atoms with Crippen molar-refractivity contribution < 1.29 is 4.79 Å². The third-order valence-corrected chi connectivity index (χ3v) is 3.53. The monoisotopic (exact) mass is 271 g/mol. The second-order valence-electron chi connectivity index (χ2n) is 4.92. The van der Waals surface area contributed by atoms with Crippen molar-refractivity contribution in [1.82, 2.24) is 25.0 Å². The topological polar surface area (TPSA) is 65.1 Å². The molecule has 0 unspecified atom stereocenters. The van der Waals surface area contributed by atoms with Gasteiger partial charge in [-0.2, -0.15) is 5.10 Å². The Morgan fingerprint density at radius 2 is 2.10 bits per heavy atom. The van der Waals surface area contributed by atoms with Crippen LogP contribution < -0.4 is 0 Å². The number of amides is 1. The van der Waals surface area contributed by atoms with Gasteiger partial charge in [0.05, 0.1) is 11.8 Å². The van der Waals surface area contributed by atoms with Crippen molar-refractivity contribution in [1.29, 1.82) is 0 Å². The fourth-order valence-electron chi connectivity index (χ4n) is 2.41. The van der Waals surface area contributed by atoms with Crippen LogP contribution in [0.5, 0.6) is 0 Å². The van der Waals surface area contributed by atoms with Crippen molar-refractivity contribution in [2.75, 3.05) is 26.2 Å². The fourth-order valence-corrected chi connectivity index (χ4v) is 2.41. The number of aromatic amines is 1. The lowest BCUT2D eigenvalue weighted by atomic mass is 10.2. The van der Waals surface area contributed by atoms with Crippen molar-refractivity contribution in [2.24, 2.45) is 0 Å². The first kappa shape index (κ1) is 12.8. The lowest BCUT2D eigenvalue weighted by Crippen LogP contribution is -2.48. The van der Waals surface area contributed by atoms with Crippen LogP contribution in [0.4, 0.5) is 0 Å². The molecular formula is C14H17N5O. The zero-order valence-corrected chi connectivity index (χ0v) is 11.2. The van der Waals surface area contributed by atoms with Gasteiger partial charge in [-0.3, -0.25) is 19.8 Å². The number of carbonyl (C=O) groups is 1. The summed E-state index contributed by atoms with van der Waals surface area (Å²) in [6.07, 6.45) is 6.89. The van der Waals surface area contributed by atoms with Gasteiger partial charge >= 0.3 is 0 Å². The van der Waals surface area contributed by atoms with Gasteiger partial charge in [0.15, 0.2) is 0 Å². The molecule has 0 bridgehead atoms. The third-order valence-electron chi connectivity index (χ3n) is 3.53. The average molecular weight is 271 g/mol. The molecule has 2 aromatic rings. The Morgan fingerprint density at radius 1 is 1.25 bits per heavy atom. The molecule has 3 rings (SSSR count). The Morgan fingerprint density at radius 3 is 2.75 bits per heavy atom. The van der Waals surface area contributed by atoms with Crippen LogP contribution in [0.1, 0.15) is 15.9 Å². The van der Waals surface area contributed by atoms with Crippen LogP contribution in [0, 0.1) is 0 Å². The standard InChI is InChI=1S/C14H17N5O/c20-14(13-9-16-17-10-13)19-6-4-18(5-7-19)11-12-2-1-3-15-8-12/h1-3,8-10H,4-7,11H2,(H,16,17). The zero-order chi connectivity index (χ0) is 13.8. The molecule has 104 valence electrons. The second kappa shape index (κ2) is 5.83. The van der Waals surface area contributed by atoms with Gasteiger partial charge in [0.1, 0.15) is 0 Å². The van der Waals surface area contributed by atoms with Gasteiger partial charge in [-0.25, -0.2) is 0 Å². The Kier molecular flexibility index (Phi) is 3.73. The summed E-state index contributed by atoms with van der Waals surface area (Å²) in [5, 5.41) is 6.50. The van der Waals surface area contributed by atoms with Crippen LogP contribution in [-0.2, 0) is 6.54 Å². The Hall–Kier alpha value is -2.21. The van der Waals surface area contributed by atoms with Crippen LogP contribution >= 0.6 is 0 Å². The summed E-state index contributed by atoms with van der Waals surface area (Å²) < 4.78 is 0. The molecule has 2 aromatic heterocycles. The molecule has 0 radical (unpaired) electrons. The minimum atomic E-state index is 0.0553. The smallest absolute Gasteiger partial charge is 0.257 e. The summed E-state index contributed by atoms with van der Waals surface area (Å²) in [4.78, 5) is 20.5. The summed E-state index contributed by atoms with van der Waals surface area (Å²) >= 11 is 0. The van der Waals surface area contributed by atoms with Crippen molar-refractivity contribution in [2.45, 2.75) is 6.54 Å². The van der Waals surface area contributed by atoms with Crippen LogP contribution in [0.3, 0.4) is 0 Å². The van der Waals surface area contributed by atoms with E-state index < -0.39 is 0 Å². The molecule has 6 nitrogen and oxygen atoms in total. The third kappa shape index (κ3) is 2.85. The minimum Gasteiger partial charge on any atom is -0.336 e. The number of hydrogen-bond acceptors (Lipinski definition) is 4. The number of carbonyl (C=O) groups excluding carboxylic acids is 1. The molecule has 3 heterocycles. The van der Waals surface area contributed by atoms with E-state index >= 15 is 0 Å². The summed E-state index contributed by atoms with van der Waals surface area (Å²) in [5.74, 6) is 0.0553. The number of piperazine rings is 1. The van der Waals surface area contributed by atoms with E-state index in [-0.39, 0.29) is 5.91 Å². The highest BCUT2D eigenvalue weighted by Gasteiger charge is 2.22. The maximum Gasteiger partial charge on any atom is 0.257 e. The molecule has 0 aliphatic carbocycles. The summed E-state index contributed by atoms with van der Waals surface area (Å²) in [5.41, 5.74) is 1.84. The molecule has 0 atom stereocenters. The van der Waals surface area contributed by atoms with Crippen LogP contribution in [0.15, 0.2) is 36.9 Å². The largest absolute Gasteiger partial charge is 0.336 e. The Balaban J connectivity index is 1.53. The summed E-state index contributed by atoms with van der Waals surface area (Å²) in [6.45, 7) is 4.17. The number of rotatable bonds is 3. The van der Waals surface area contributed by atoms with Gasteiger partial charge in [-0.05, 0) is 11.6 Å². The van der Waals surface area contributed by atoms with E-state index in [4.69, 9.17) is 0 Å². The molecule has 1 aliphatic heterocycles. The molecule has 1 N–H and O–H groups in total. The Labute approximate surface area is 117 Å². The number of nitrogens with zero attached hydrogens (tertiary/aromatic N) is 4. The quantitative estimate of drug-likeness (QED) is 0.895. The number of aromatic nitrogens is 3. The first-order valence-corrected chi connectivity index (χ1v) is 6.72. The molecular weight excluding hydrogens is 254 g/mol. The molecule has 1 aliphatic rings. The second-order valence-corrected chi connectivity index (χ2v) is 4.92. The number of H-pyrrole nitrogens is 1. The van der Waals surface area contributed by atoms with Gasteiger partial charge in [0, 0.05) is 51.3 Å². The van der Waals surface area contributed by atoms with E-state index in [1.165, 1.54) is 5.56 Å². The van der Waals surface area contributed by atoms with E-state index in [0.29, 0.717) is 5.56 Å². The van der Waals surface area contributed by atoms with Crippen molar-refractivity contribution >= 4 is 5.91 Å². The average Bonchev–Trinajstić information content (AvgIpc) is 3.03. The molecule has 1 fully saturated rings. The van der Waals surface area contributed by atoms with Crippen LogP contribution in [-0.4, -0.2) is 57.1 Å². The zero-order valence-electron chi connectivity index (χ0n) is 11.2. The first-order chi connectivity index (χ1) is 9.83. The van der Waals surface area contributed by atoms with Crippen molar-refractivity contribution in [3.05, 3.63) is 48.0 Å². The van der Waals surface area contributed by atoms with E-state index in [1.54, 1.807) is 18.6 Å². The number of nitrogens with one attached hydrogen (secondary N) is 1. The minimum absolute atomic E-state index is 0.0553. The first-order valence-electron chi connectivity index (χ1n) is 6.72. The highest BCUT2D eigenvalue weighted by atomic mass is 16.2. The van der Waals surface area contributed by atoms with Crippen molar-refractivity contribution in [3.63, 3.8) is 0 Å². The van der Waals surface area contributed by atoms with Gasteiger partial charge in [-0.1, -0.05) is 6.07 Å². The fraction of sp³-hybridized carbons (Fsp3) is 0.357. The molecule has 6 heteroatoms. The van der Waals surface area contributed by atoms with Crippen LogP contribution in [0.25, 0.3) is 0 Å². The number of pyridine rings is 1. The predicted molar refractivity (Wildman–Crippen MR) is 74.0 cm³/mol. The lowest BCUT2D eigenvalue weighted by molar-refractivity contribution is 0.0628. The molecule has 0 aromatic carbocycles. The predicted octanol–water partition coefficient (Wildman–Crippen LogP) is 0.763. The maximum absolute atomic E-state index is 12.2. The summed E-state index contributed by atoms with van der Waals surface area (Å²) in [6, 6.07) is 4.03. The summed E-state index contributed by atoms with van der Waals surface area (Å²) in [7, 11) is 0. The van der Waals surface area contributed by atoms with Crippen molar-refractivity contribution in [3.8, 4) is 0 Å². The maximum atomic E-state index is 12.2. The lowest BCUT2D eigenvalue weighted by Gasteiger charge is -2.34. The van der Waals surface area contributed by atoms with Gasteiger partial charge < -0.3 is 4.90 Å². The normalized spacial score (nSPS) is 16.3. The van der Waals surface area contributed by atoms with E-state index in [1.807, 2.05) is 17.2 Å². The van der Waals surface area contributed by atoms with Gasteiger partial charge in [0.25, 0.3) is 5.91 Å². The van der Waals surface area contributed by atoms with Gasteiger partial charge in [0.2, 0.25) is 0 Å². The SMILES string of the molecule is O=C(c1cn[nH]c1)N1CCN(Cc2cccnc2)CC1. The van der Waals surface area contributed by atoms with E-state index in [2.05, 4.69) is 26.1 Å². The molecule has 0 saturated carbocycles. The van der Waals surface area contributed by atoms with E-state index in [0.717, 1.165) is 32.7 Å². The van der Waals surface area contributed by atoms with Gasteiger partial charge in [-0.15, -0.1) is 0 Å². The number of hydrogen-bond donors (Lipinski definition) is 1. The van der Waals surface area contributed by atoms with Crippen LogP contribution in [0.2, 0.25) is 0 Å². The molecule has 20 heavy (non-hydrogen) atoms.